The average Bonchev–Trinajstić information content (AvgIpc) is 3.46. The molecular weight excluding hydrogens is 420 g/mol. The second-order valence-corrected chi connectivity index (χ2v) is 7.82. The smallest absolute Gasteiger partial charge is 0.410 e. The normalized spacial score (nSPS) is 16.1. The minimum absolute atomic E-state index is 0.239. The fourth-order valence-corrected chi connectivity index (χ4v) is 4.02. The van der Waals surface area contributed by atoms with E-state index in [-0.39, 0.29) is 12.3 Å². The van der Waals surface area contributed by atoms with Gasteiger partial charge in [-0.25, -0.2) is 4.79 Å². The van der Waals surface area contributed by atoms with Crippen LogP contribution in [0.2, 0.25) is 0 Å². The summed E-state index contributed by atoms with van der Waals surface area (Å²) in [6, 6.07) is 14.7. The Morgan fingerprint density at radius 3 is 2.88 bits per heavy atom. The Morgan fingerprint density at radius 1 is 1.27 bits per heavy atom. The molecule has 9 heteroatoms. The van der Waals surface area contributed by atoms with Crippen molar-refractivity contribution in [1.29, 1.82) is 10.5 Å². The van der Waals surface area contributed by atoms with Crippen molar-refractivity contribution in [3.63, 3.8) is 0 Å². The molecule has 0 radical (unpaired) electrons. The van der Waals surface area contributed by atoms with Crippen molar-refractivity contribution in [2.75, 3.05) is 11.9 Å². The van der Waals surface area contributed by atoms with Gasteiger partial charge in [0, 0.05) is 23.6 Å². The summed E-state index contributed by atoms with van der Waals surface area (Å²) in [5.41, 5.74) is 8.49. The summed E-state index contributed by atoms with van der Waals surface area (Å²) >= 11 is 0. The molecule has 0 saturated carbocycles. The van der Waals surface area contributed by atoms with Crippen LogP contribution < -0.4 is 15.8 Å². The number of aromatic nitrogens is 1. The van der Waals surface area contributed by atoms with E-state index in [9.17, 15) is 14.9 Å². The zero-order chi connectivity index (χ0) is 23.4. The average molecular weight is 442 g/mol. The van der Waals surface area contributed by atoms with E-state index in [2.05, 4.69) is 16.4 Å². The number of ether oxygens (including phenoxy) is 1. The predicted octanol–water partition coefficient (Wildman–Crippen LogP) is 3.03. The molecule has 2 atom stereocenters. The van der Waals surface area contributed by atoms with Crippen molar-refractivity contribution < 1.29 is 14.3 Å². The summed E-state index contributed by atoms with van der Waals surface area (Å²) in [6.45, 7) is 0.542. The molecule has 0 spiro atoms. The number of carbonyl (C=O) groups excluding carboxylic acids is 2. The second kappa shape index (κ2) is 9.43. The number of H-pyrrole nitrogens is 1. The minimum Gasteiger partial charge on any atom is -0.410 e. The minimum atomic E-state index is -0.784. The Hall–Kier alpha value is -4.34. The lowest BCUT2D eigenvalue weighted by Gasteiger charge is -2.23. The van der Waals surface area contributed by atoms with Gasteiger partial charge in [-0.2, -0.15) is 10.5 Å². The van der Waals surface area contributed by atoms with Gasteiger partial charge in [0.15, 0.2) is 0 Å². The molecule has 166 valence electrons. The SMILES string of the molecule is N#Cc1ccccc1NC(=O)Oc1ccc2[nH]cc(CC(N)C(=O)N3CCCC3C#N)c2c1. The molecule has 1 aromatic heterocycles. The van der Waals surface area contributed by atoms with E-state index in [0.717, 1.165) is 22.9 Å². The Bertz CT molecular complexity index is 1290. The third kappa shape index (κ3) is 4.64. The standard InChI is InChI=1S/C24H22N6O3/c25-12-15-4-1-2-6-21(15)29-24(32)33-18-7-8-22-19(11-18)16(14-28-22)10-20(27)23(31)30-9-3-5-17(30)13-26/h1-2,4,6-8,11,14,17,20,28H,3,5,9-10,27H2,(H,29,32). The summed E-state index contributed by atoms with van der Waals surface area (Å²) in [6.07, 6.45) is 2.79. The van der Waals surface area contributed by atoms with Crippen LogP contribution in [-0.2, 0) is 11.2 Å². The number of para-hydroxylation sites is 1. The lowest BCUT2D eigenvalue weighted by molar-refractivity contribution is -0.132. The predicted molar refractivity (Wildman–Crippen MR) is 121 cm³/mol. The van der Waals surface area contributed by atoms with Crippen LogP contribution in [0.5, 0.6) is 5.75 Å². The number of anilines is 1. The first-order chi connectivity index (χ1) is 16.0. The zero-order valence-corrected chi connectivity index (χ0v) is 17.7. The number of amides is 2. The molecule has 4 rings (SSSR count). The van der Waals surface area contributed by atoms with Gasteiger partial charge in [0.1, 0.15) is 17.9 Å². The quantitative estimate of drug-likeness (QED) is 0.553. The molecule has 2 heterocycles. The van der Waals surface area contributed by atoms with Gasteiger partial charge in [0.25, 0.3) is 0 Å². The first-order valence-corrected chi connectivity index (χ1v) is 10.5. The second-order valence-electron chi connectivity index (χ2n) is 7.82. The third-order valence-electron chi connectivity index (χ3n) is 5.68. The van der Waals surface area contributed by atoms with Crippen molar-refractivity contribution in [3.8, 4) is 17.9 Å². The highest BCUT2D eigenvalue weighted by molar-refractivity contribution is 5.90. The molecule has 33 heavy (non-hydrogen) atoms. The Morgan fingerprint density at radius 2 is 2.09 bits per heavy atom. The monoisotopic (exact) mass is 442 g/mol. The number of rotatable bonds is 5. The molecule has 4 N–H and O–H groups in total. The Labute approximate surface area is 190 Å². The van der Waals surface area contributed by atoms with E-state index in [1.807, 2.05) is 6.07 Å². The lowest BCUT2D eigenvalue weighted by Crippen LogP contribution is -2.46. The van der Waals surface area contributed by atoms with E-state index in [1.54, 1.807) is 53.6 Å². The summed E-state index contributed by atoms with van der Waals surface area (Å²) in [7, 11) is 0. The molecular formula is C24H22N6O3. The molecule has 1 aliphatic heterocycles. The zero-order valence-electron chi connectivity index (χ0n) is 17.7. The fourth-order valence-electron chi connectivity index (χ4n) is 4.02. The van der Waals surface area contributed by atoms with Crippen molar-refractivity contribution in [2.24, 2.45) is 5.73 Å². The Kier molecular flexibility index (Phi) is 6.25. The summed E-state index contributed by atoms with van der Waals surface area (Å²) in [5.74, 6) is 0.0654. The van der Waals surface area contributed by atoms with Crippen LogP contribution in [0.15, 0.2) is 48.7 Å². The lowest BCUT2D eigenvalue weighted by atomic mass is 10.0. The maximum absolute atomic E-state index is 12.8. The van der Waals surface area contributed by atoms with Gasteiger partial charge in [0.2, 0.25) is 5.91 Å². The van der Waals surface area contributed by atoms with Gasteiger partial charge >= 0.3 is 6.09 Å². The summed E-state index contributed by atoms with van der Waals surface area (Å²) in [4.78, 5) is 29.8. The van der Waals surface area contributed by atoms with Gasteiger partial charge < -0.3 is 20.4 Å². The summed E-state index contributed by atoms with van der Waals surface area (Å²) in [5, 5.41) is 21.7. The van der Waals surface area contributed by atoms with Crippen LogP contribution in [-0.4, -0.2) is 40.5 Å². The maximum atomic E-state index is 12.8. The van der Waals surface area contributed by atoms with E-state index in [1.165, 1.54) is 0 Å². The molecule has 9 nitrogen and oxygen atoms in total. The van der Waals surface area contributed by atoms with Crippen LogP contribution in [0, 0.1) is 22.7 Å². The molecule has 2 unspecified atom stereocenters. The topological polar surface area (TPSA) is 148 Å². The maximum Gasteiger partial charge on any atom is 0.417 e. The van der Waals surface area contributed by atoms with Crippen LogP contribution in [0.3, 0.4) is 0 Å². The molecule has 3 aromatic rings. The largest absolute Gasteiger partial charge is 0.417 e. The number of benzene rings is 2. The number of nitrogens with two attached hydrogens (primary N) is 1. The highest BCUT2D eigenvalue weighted by Crippen LogP contribution is 2.26. The van der Waals surface area contributed by atoms with Gasteiger partial charge in [0.05, 0.1) is 23.4 Å². The van der Waals surface area contributed by atoms with Gasteiger partial charge in [-0.05, 0) is 55.2 Å². The van der Waals surface area contributed by atoms with Crippen LogP contribution in [0.4, 0.5) is 10.5 Å². The summed E-state index contributed by atoms with van der Waals surface area (Å²) < 4.78 is 5.40. The molecule has 1 aliphatic rings. The number of hydrogen-bond acceptors (Lipinski definition) is 6. The first kappa shape index (κ1) is 21.9. The van der Waals surface area contributed by atoms with Gasteiger partial charge in [-0.1, -0.05) is 12.1 Å². The van der Waals surface area contributed by atoms with E-state index in [0.29, 0.717) is 30.0 Å². The molecule has 1 saturated heterocycles. The fraction of sp³-hybridized carbons (Fsp3) is 0.250. The molecule has 2 aromatic carbocycles. The molecule has 0 aliphatic carbocycles. The van der Waals surface area contributed by atoms with Gasteiger partial charge in [-0.3, -0.25) is 10.1 Å². The number of aromatic amines is 1. The Balaban J connectivity index is 1.47. The first-order valence-electron chi connectivity index (χ1n) is 10.5. The van der Waals surface area contributed by atoms with Crippen molar-refractivity contribution in [3.05, 3.63) is 59.8 Å². The van der Waals surface area contributed by atoms with Gasteiger partial charge in [-0.15, -0.1) is 0 Å². The highest BCUT2D eigenvalue weighted by atomic mass is 16.6. The number of nitriles is 2. The van der Waals surface area contributed by atoms with Crippen molar-refractivity contribution >= 4 is 28.6 Å². The number of fused-ring (bicyclic) bond motifs is 1. The molecule has 0 bridgehead atoms. The number of likely N-dealkylation sites (tertiary alicyclic amines) is 1. The van der Waals surface area contributed by atoms with Crippen LogP contribution in [0.1, 0.15) is 24.0 Å². The number of nitrogens with zero attached hydrogens (tertiary/aromatic N) is 3. The number of carbonyl (C=O) groups is 2. The molecule has 2 amide bonds. The van der Waals surface area contributed by atoms with Crippen molar-refractivity contribution in [1.82, 2.24) is 9.88 Å². The molecule has 1 fully saturated rings. The van der Waals surface area contributed by atoms with E-state index < -0.39 is 18.2 Å². The number of hydrogen-bond donors (Lipinski definition) is 3. The van der Waals surface area contributed by atoms with Crippen LogP contribution in [0.25, 0.3) is 10.9 Å². The van der Waals surface area contributed by atoms with E-state index >= 15 is 0 Å². The van der Waals surface area contributed by atoms with E-state index in [4.69, 9.17) is 15.7 Å². The van der Waals surface area contributed by atoms with Crippen molar-refractivity contribution in [2.45, 2.75) is 31.3 Å². The highest BCUT2D eigenvalue weighted by Gasteiger charge is 2.31. The third-order valence-corrected chi connectivity index (χ3v) is 5.68. The number of nitrogens with one attached hydrogen (secondary N) is 2. The van der Waals surface area contributed by atoms with Crippen LogP contribution >= 0.6 is 0 Å².